The normalized spacial score (nSPS) is 15.0. The minimum atomic E-state index is 0.359. The Balaban J connectivity index is 3.43. The van der Waals surface area contributed by atoms with Crippen LogP contribution < -0.4 is 10.6 Å². The van der Waals surface area contributed by atoms with E-state index in [0.29, 0.717) is 17.5 Å². The average molecular weight is 186 g/mol. The molecule has 0 aromatic heterocycles. The van der Waals surface area contributed by atoms with Gasteiger partial charge in [-0.25, -0.2) is 0 Å². The van der Waals surface area contributed by atoms with Crippen LogP contribution in [0.25, 0.3) is 0 Å². The molecular formula is C11H26N2. The molecule has 80 valence electrons. The minimum Gasteiger partial charge on any atom is -0.313 e. The first kappa shape index (κ1) is 12.9. The van der Waals surface area contributed by atoms with Crippen molar-refractivity contribution in [2.24, 2.45) is 5.41 Å². The van der Waals surface area contributed by atoms with Crippen LogP contribution in [0, 0.1) is 5.41 Å². The van der Waals surface area contributed by atoms with Crippen LogP contribution in [0.1, 0.15) is 41.5 Å². The zero-order valence-electron chi connectivity index (χ0n) is 10.1. The highest BCUT2D eigenvalue weighted by atomic mass is 15.0. The molecule has 0 radical (unpaired) electrons. The summed E-state index contributed by atoms with van der Waals surface area (Å²) in [6, 6.07) is 1.16. The molecule has 2 N–H and O–H groups in total. The second kappa shape index (κ2) is 5.61. The molecule has 0 amide bonds. The zero-order valence-corrected chi connectivity index (χ0v) is 10.1. The summed E-state index contributed by atoms with van der Waals surface area (Å²) >= 11 is 0. The first-order chi connectivity index (χ1) is 5.84. The molecule has 1 unspecified atom stereocenters. The minimum absolute atomic E-state index is 0.359. The first-order valence-electron chi connectivity index (χ1n) is 5.31. The van der Waals surface area contributed by atoms with Gasteiger partial charge in [0, 0.05) is 25.2 Å². The van der Waals surface area contributed by atoms with Crippen molar-refractivity contribution in [2.75, 3.05) is 13.1 Å². The van der Waals surface area contributed by atoms with Gasteiger partial charge in [-0.1, -0.05) is 34.6 Å². The Morgan fingerprint density at radius 2 is 1.38 bits per heavy atom. The largest absolute Gasteiger partial charge is 0.313 e. The Morgan fingerprint density at radius 3 is 1.77 bits per heavy atom. The molecule has 0 bridgehead atoms. The van der Waals surface area contributed by atoms with E-state index in [-0.39, 0.29) is 0 Å². The van der Waals surface area contributed by atoms with E-state index in [0.717, 1.165) is 13.1 Å². The van der Waals surface area contributed by atoms with Gasteiger partial charge in [0.25, 0.3) is 0 Å². The summed E-state index contributed by atoms with van der Waals surface area (Å²) < 4.78 is 0. The van der Waals surface area contributed by atoms with Crippen LogP contribution in [-0.4, -0.2) is 25.2 Å². The molecule has 0 spiro atoms. The van der Waals surface area contributed by atoms with Crippen molar-refractivity contribution in [2.45, 2.75) is 53.6 Å². The van der Waals surface area contributed by atoms with E-state index in [1.807, 2.05) is 0 Å². The summed E-state index contributed by atoms with van der Waals surface area (Å²) in [5, 5.41) is 6.91. The lowest BCUT2D eigenvalue weighted by atomic mass is 9.88. The van der Waals surface area contributed by atoms with Crippen LogP contribution in [0.3, 0.4) is 0 Å². The highest BCUT2D eigenvalue weighted by Gasteiger charge is 2.18. The predicted molar refractivity (Wildman–Crippen MR) is 60.1 cm³/mol. The second-order valence-electron chi connectivity index (χ2n) is 5.15. The highest BCUT2D eigenvalue weighted by Crippen LogP contribution is 2.17. The lowest BCUT2D eigenvalue weighted by Crippen LogP contribution is -2.41. The van der Waals surface area contributed by atoms with Crippen molar-refractivity contribution in [1.29, 1.82) is 0 Å². The molecule has 1 atom stereocenters. The second-order valence-corrected chi connectivity index (χ2v) is 5.15. The molecule has 0 saturated heterocycles. The smallest absolute Gasteiger partial charge is 0.00878 e. The number of nitrogens with one attached hydrogen (secondary N) is 2. The Hall–Kier alpha value is -0.0800. The SMILES string of the molecule is CC(C)NCCNC(C)C(C)(C)C. The van der Waals surface area contributed by atoms with Crippen LogP contribution in [0.15, 0.2) is 0 Å². The first-order valence-corrected chi connectivity index (χ1v) is 5.31. The molecule has 2 heteroatoms. The summed E-state index contributed by atoms with van der Waals surface area (Å²) in [7, 11) is 0. The molecule has 0 aromatic carbocycles. The molecule has 0 aromatic rings. The van der Waals surface area contributed by atoms with E-state index in [9.17, 15) is 0 Å². The van der Waals surface area contributed by atoms with Gasteiger partial charge in [-0.3, -0.25) is 0 Å². The molecule has 0 rings (SSSR count). The monoisotopic (exact) mass is 186 g/mol. The van der Waals surface area contributed by atoms with Crippen LogP contribution in [0.4, 0.5) is 0 Å². The van der Waals surface area contributed by atoms with Crippen molar-refractivity contribution in [3.8, 4) is 0 Å². The summed E-state index contributed by atoms with van der Waals surface area (Å²) in [5.41, 5.74) is 0.359. The highest BCUT2D eigenvalue weighted by molar-refractivity contribution is 4.76. The molecule has 2 nitrogen and oxygen atoms in total. The number of hydrogen-bond acceptors (Lipinski definition) is 2. The van der Waals surface area contributed by atoms with Crippen LogP contribution in [0.2, 0.25) is 0 Å². The molecule has 0 aliphatic carbocycles. The third kappa shape index (κ3) is 7.03. The summed E-state index contributed by atoms with van der Waals surface area (Å²) in [6.07, 6.45) is 0. The number of rotatable bonds is 5. The lowest BCUT2D eigenvalue weighted by molar-refractivity contribution is 0.286. The average Bonchev–Trinajstić information content (AvgIpc) is 1.95. The predicted octanol–water partition coefficient (Wildman–Crippen LogP) is 2.01. The van der Waals surface area contributed by atoms with E-state index >= 15 is 0 Å². The molecule has 0 saturated carbocycles. The van der Waals surface area contributed by atoms with Gasteiger partial charge in [0.15, 0.2) is 0 Å². The lowest BCUT2D eigenvalue weighted by Gasteiger charge is -2.28. The van der Waals surface area contributed by atoms with Crippen molar-refractivity contribution >= 4 is 0 Å². The molecule has 13 heavy (non-hydrogen) atoms. The fraction of sp³-hybridized carbons (Fsp3) is 1.00. The van der Waals surface area contributed by atoms with Crippen LogP contribution >= 0.6 is 0 Å². The summed E-state index contributed by atoms with van der Waals surface area (Å²) in [5.74, 6) is 0. The molecule has 0 aliphatic heterocycles. The van der Waals surface area contributed by atoms with E-state index in [2.05, 4.69) is 52.2 Å². The third-order valence-electron chi connectivity index (χ3n) is 2.43. The summed E-state index contributed by atoms with van der Waals surface area (Å²) in [4.78, 5) is 0. The van der Waals surface area contributed by atoms with Gasteiger partial charge < -0.3 is 10.6 Å². The van der Waals surface area contributed by atoms with Gasteiger partial charge in [-0.2, -0.15) is 0 Å². The summed E-state index contributed by atoms with van der Waals surface area (Å²) in [6.45, 7) is 15.5. The van der Waals surface area contributed by atoms with Crippen molar-refractivity contribution in [3.63, 3.8) is 0 Å². The number of hydrogen-bond donors (Lipinski definition) is 2. The van der Waals surface area contributed by atoms with Gasteiger partial charge in [-0.05, 0) is 12.3 Å². The molecule has 0 aliphatic rings. The van der Waals surface area contributed by atoms with E-state index in [1.165, 1.54) is 0 Å². The van der Waals surface area contributed by atoms with Crippen LogP contribution in [-0.2, 0) is 0 Å². The molecular weight excluding hydrogens is 160 g/mol. The maximum absolute atomic E-state index is 3.52. The van der Waals surface area contributed by atoms with Gasteiger partial charge in [-0.15, -0.1) is 0 Å². The van der Waals surface area contributed by atoms with Gasteiger partial charge in [0.1, 0.15) is 0 Å². The van der Waals surface area contributed by atoms with Gasteiger partial charge >= 0.3 is 0 Å². The van der Waals surface area contributed by atoms with Gasteiger partial charge in [0.2, 0.25) is 0 Å². The van der Waals surface area contributed by atoms with Crippen molar-refractivity contribution in [1.82, 2.24) is 10.6 Å². The van der Waals surface area contributed by atoms with Gasteiger partial charge in [0.05, 0.1) is 0 Å². The van der Waals surface area contributed by atoms with Crippen molar-refractivity contribution in [3.05, 3.63) is 0 Å². The fourth-order valence-corrected chi connectivity index (χ4v) is 0.956. The standard InChI is InChI=1S/C11H26N2/c1-9(2)12-7-8-13-10(3)11(4,5)6/h9-10,12-13H,7-8H2,1-6H3. The Labute approximate surface area is 83.5 Å². The Kier molecular flexibility index (Phi) is 5.57. The fourth-order valence-electron chi connectivity index (χ4n) is 0.956. The Bertz CT molecular complexity index is 125. The van der Waals surface area contributed by atoms with E-state index in [1.54, 1.807) is 0 Å². The molecule has 0 fully saturated rings. The van der Waals surface area contributed by atoms with E-state index in [4.69, 9.17) is 0 Å². The Morgan fingerprint density at radius 1 is 0.923 bits per heavy atom. The zero-order chi connectivity index (χ0) is 10.5. The maximum Gasteiger partial charge on any atom is 0.00878 e. The molecule has 0 heterocycles. The topological polar surface area (TPSA) is 24.1 Å². The third-order valence-corrected chi connectivity index (χ3v) is 2.43. The van der Waals surface area contributed by atoms with Crippen molar-refractivity contribution < 1.29 is 0 Å². The quantitative estimate of drug-likeness (QED) is 0.642. The maximum atomic E-state index is 3.52. The van der Waals surface area contributed by atoms with Crippen LogP contribution in [0.5, 0.6) is 0 Å². The van der Waals surface area contributed by atoms with E-state index < -0.39 is 0 Å².